The molecule has 0 spiro atoms. The number of nitrogens with zero attached hydrogens (tertiary/aromatic N) is 2. The Labute approximate surface area is 98.6 Å². The number of carbonyl (C=O) groups excluding carboxylic acids is 2. The van der Waals surface area contributed by atoms with Gasteiger partial charge in [0.15, 0.2) is 0 Å². The van der Waals surface area contributed by atoms with Crippen molar-refractivity contribution in [2.75, 3.05) is 26.2 Å². The van der Waals surface area contributed by atoms with Gasteiger partial charge in [-0.3, -0.25) is 9.59 Å². The summed E-state index contributed by atoms with van der Waals surface area (Å²) in [6, 6.07) is 0. The number of H-pyrrole nitrogens is 1. The van der Waals surface area contributed by atoms with Gasteiger partial charge in [-0.25, -0.2) is 4.98 Å². The normalized spacial score (nSPS) is 15.6. The number of amides is 2. The average molecular weight is 237 g/mol. The van der Waals surface area contributed by atoms with Crippen LogP contribution in [0.2, 0.25) is 0 Å². The summed E-state index contributed by atoms with van der Waals surface area (Å²) in [6.07, 6.45) is 3.13. The van der Waals surface area contributed by atoms with E-state index in [0.29, 0.717) is 13.1 Å². The van der Waals surface area contributed by atoms with E-state index in [9.17, 15) is 9.59 Å². The van der Waals surface area contributed by atoms with Crippen LogP contribution < -0.4 is 10.6 Å². The molecule has 3 N–H and O–H groups in total. The first-order chi connectivity index (χ1) is 8.27. The second-order valence-electron chi connectivity index (χ2n) is 3.80. The molecule has 0 bridgehead atoms. The molecule has 7 heteroatoms. The van der Waals surface area contributed by atoms with Crippen LogP contribution >= 0.6 is 0 Å². The first kappa shape index (κ1) is 11.6. The summed E-state index contributed by atoms with van der Waals surface area (Å²) < 4.78 is 0. The van der Waals surface area contributed by atoms with Crippen LogP contribution in [0.1, 0.15) is 5.69 Å². The summed E-state index contributed by atoms with van der Waals surface area (Å²) in [5.41, 5.74) is 0.770. The molecule has 1 aromatic rings. The number of piperazine rings is 1. The third-order valence-corrected chi connectivity index (χ3v) is 2.59. The maximum atomic E-state index is 11.7. The van der Waals surface area contributed by atoms with Crippen LogP contribution in [0, 0.1) is 0 Å². The minimum absolute atomic E-state index is 0.288. The van der Waals surface area contributed by atoms with Gasteiger partial charge in [0, 0.05) is 32.4 Å². The molecule has 2 amide bonds. The van der Waals surface area contributed by atoms with Gasteiger partial charge in [0.05, 0.1) is 18.6 Å². The molecule has 1 saturated heterocycles. The van der Waals surface area contributed by atoms with Crippen LogP contribution in [0.25, 0.3) is 0 Å². The second-order valence-corrected chi connectivity index (χ2v) is 3.80. The highest BCUT2D eigenvalue weighted by Gasteiger charge is 2.22. The molecule has 0 saturated carbocycles. The molecule has 1 aromatic heterocycles. The molecular formula is C10H15N5O2. The van der Waals surface area contributed by atoms with Crippen LogP contribution in [0.4, 0.5) is 0 Å². The van der Waals surface area contributed by atoms with Crippen molar-refractivity contribution in [3.63, 3.8) is 0 Å². The molecule has 7 nitrogen and oxygen atoms in total. The van der Waals surface area contributed by atoms with Gasteiger partial charge >= 0.3 is 11.8 Å². The minimum atomic E-state index is -0.568. The summed E-state index contributed by atoms with van der Waals surface area (Å²) in [6.45, 7) is 2.92. The van der Waals surface area contributed by atoms with Crippen LogP contribution in [-0.2, 0) is 16.1 Å². The van der Waals surface area contributed by atoms with E-state index in [-0.39, 0.29) is 6.54 Å². The average Bonchev–Trinajstić information content (AvgIpc) is 2.89. The van der Waals surface area contributed by atoms with Gasteiger partial charge in [-0.15, -0.1) is 0 Å². The number of nitrogens with one attached hydrogen (secondary N) is 3. The molecule has 2 heterocycles. The largest absolute Gasteiger partial charge is 0.347 e. The molecular weight excluding hydrogens is 222 g/mol. The first-order valence-corrected chi connectivity index (χ1v) is 5.52. The van der Waals surface area contributed by atoms with E-state index in [4.69, 9.17) is 0 Å². The second kappa shape index (κ2) is 5.44. The number of imidazole rings is 1. The summed E-state index contributed by atoms with van der Waals surface area (Å²) in [5, 5.41) is 5.68. The Bertz CT molecular complexity index is 383. The lowest BCUT2D eigenvalue weighted by atomic mass is 10.3. The van der Waals surface area contributed by atoms with Crippen molar-refractivity contribution < 1.29 is 9.59 Å². The Kier molecular flexibility index (Phi) is 3.71. The van der Waals surface area contributed by atoms with Gasteiger partial charge in [-0.2, -0.15) is 0 Å². The maximum absolute atomic E-state index is 11.7. The number of carbonyl (C=O) groups is 2. The van der Waals surface area contributed by atoms with E-state index in [0.717, 1.165) is 18.8 Å². The third-order valence-electron chi connectivity index (χ3n) is 2.59. The zero-order valence-corrected chi connectivity index (χ0v) is 9.40. The fraction of sp³-hybridized carbons (Fsp3) is 0.500. The van der Waals surface area contributed by atoms with Gasteiger partial charge in [0.25, 0.3) is 0 Å². The van der Waals surface area contributed by atoms with E-state index in [1.54, 1.807) is 11.1 Å². The highest BCUT2D eigenvalue weighted by molar-refractivity contribution is 6.34. The molecule has 17 heavy (non-hydrogen) atoms. The quantitative estimate of drug-likeness (QED) is 0.544. The van der Waals surface area contributed by atoms with E-state index < -0.39 is 11.8 Å². The molecule has 2 rings (SSSR count). The number of hydrogen-bond donors (Lipinski definition) is 3. The van der Waals surface area contributed by atoms with Gasteiger partial charge < -0.3 is 20.5 Å². The van der Waals surface area contributed by atoms with E-state index in [1.807, 2.05) is 0 Å². The Morgan fingerprint density at radius 1 is 1.41 bits per heavy atom. The van der Waals surface area contributed by atoms with Crippen molar-refractivity contribution in [3.05, 3.63) is 18.2 Å². The zero-order chi connectivity index (χ0) is 12.1. The number of hydrogen-bond acceptors (Lipinski definition) is 4. The van der Waals surface area contributed by atoms with Crippen molar-refractivity contribution >= 4 is 11.8 Å². The van der Waals surface area contributed by atoms with Crippen LogP contribution in [0.5, 0.6) is 0 Å². The summed E-state index contributed by atoms with van der Waals surface area (Å²) in [5.74, 6) is -1.03. The number of aromatic amines is 1. The van der Waals surface area contributed by atoms with E-state index >= 15 is 0 Å². The summed E-state index contributed by atoms with van der Waals surface area (Å²) in [7, 11) is 0. The topological polar surface area (TPSA) is 90.1 Å². The molecule has 1 fully saturated rings. The van der Waals surface area contributed by atoms with E-state index in [1.165, 1.54) is 6.33 Å². The number of aromatic nitrogens is 2. The minimum Gasteiger partial charge on any atom is -0.347 e. The maximum Gasteiger partial charge on any atom is 0.311 e. The molecule has 1 aliphatic heterocycles. The Morgan fingerprint density at radius 3 is 2.82 bits per heavy atom. The first-order valence-electron chi connectivity index (χ1n) is 5.52. The van der Waals surface area contributed by atoms with Gasteiger partial charge in [-0.05, 0) is 0 Å². The molecule has 92 valence electrons. The molecule has 0 aliphatic carbocycles. The lowest BCUT2D eigenvalue weighted by Gasteiger charge is -2.26. The van der Waals surface area contributed by atoms with Crippen molar-refractivity contribution in [2.45, 2.75) is 6.54 Å². The lowest BCUT2D eigenvalue weighted by Crippen LogP contribution is -2.51. The Balaban J connectivity index is 1.80. The fourth-order valence-corrected chi connectivity index (χ4v) is 1.64. The van der Waals surface area contributed by atoms with Crippen LogP contribution in [0.3, 0.4) is 0 Å². The molecule has 1 aliphatic rings. The monoisotopic (exact) mass is 237 g/mol. The van der Waals surface area contributed by atoms with Crippen molar-refractivity contribution in [1.29, 1.82) is 0 Å². The Morgan fingerprint density at radius 2 is 2.18 bits per heavy atom. The van der Waals surface area contributed by atoms with Gasteiger partial charge in [-0.1, -0.05) is 0 Å². The smallest absolute Gasteiger partial charge is 0.311 e. The summed E-state index contributed by atoms with van der Waals surface area (Å²) in [4.78, 5) is 31.5. The lowest BCUT2D eigenvalue weighted by molar-refractivity contribution is -0.146. The highest BCUT2D eigenvalue weighted by atomic mass is 16.2. The van der Waals surface area contributed by atoms with Crippen LogP contribution in [-0.4, -0.2) is 52.9 Å². The molecule has 0 unspecified atom stereocenters. The van der Waals surface area contributed by atoms with Crippen molar-refractivity contribution in [1.82, 2.24) is 25.5 Å². The predicted octanol–water partition coefficient (Wildman–Crippen LogP) is -1.54. The zero-order valence-electron chi connectivity index (χ0n) is 9.40. The standard InChI is InChI=1S/C10H15N5O2/c16-9(13-6-8-5-12-7-14-8)10(17)15-3-1-11-2-4-15/h5,7,11H,1-4,6H2,(H,12,14)(H,13,16). The van der Waals surface area contributed by atoms with Crippen molar-refractivity contribution in [2.24, 2.45) is 0 Å². The van der Waals surface area contributed by atoms with Gasteiger partial charge in [0.2, 0.25) is 0 Å². The fourth-order valence-electron chi connectivity index (χ4n) is 1.64. The SMILES string of the molecule is O=C(NCc1cnc[nH]1)C(=O)N1CCNCC1. The van der Waals surface area contributed by atoms with Gasteiger partial charge in [0.1, 0.15) is 0 Å². The molecule has 0 aromatic carbocycles. The highest BCUT2D eigenvalue weighted by Crippen LogP contribution is 1.95. The predicted molar refractivity (Wildman–Crippen MR) is 59.9 cm³/mol. The van der Waals surface area contributed by atoms with E-state index in [2.05, 4.69) is 20.6 Å². The molecule has 0 radical (unpaired) electrons. The van der Waals surface area contributed by atoms with Crippen LogP contribution in [0.15, 0.2) is 12.5 Å². The third kappa shape index (κ3) is 3.04. The summed E-state index contributed by atoms with van der Waals surface area (Å²) >= 11 is 0. The Hall–Kier alpha value is -1.89. The molecule has 0 atom stereocenters. The number of rotatable bonds is 2. The van der Waals surface area contributed by atoms with Crippen molar-refractivity contribution in [3.8, 4) is 0 Å².